The summed E-state index contributed by atoms with van der Waals surface area (Å²) >= 11 is 0. The zero-order valence-electron chi connectivity index (χ0n) is 16.0. The van der Waals surface area contributed by atoms with E-state index in [0.717, 1.165) is 21.5 Å². The molecule has 1 aromatic heterocycles. The zero-order chi connectivity index (χ0) is 18.2. The van der Waals surface area contributed by atoms with E-state index >= 15 is 0 Å². The first kappa shape index (κ1) is 17.4. The van der Waals surface area contributed by atoms with Crippen LogP contribution < -0.4 is 0 Å². The Labute approximate surface area is 161 Å². The molecule has 2 nitrogen and oxygen atoms in total. The van der Waals surface area contributed by atoms with Gasteiger partial charge in [-0.2, -0.15) is 0 Å². The molecule has 0 spiro atoms. The lowest BCUT2D eigenvalue weighted by Crippen LogP contribution is -2.05. The Hall–Kier alpha value is -1.66. The lowest BCUT2D eigenvalue weighted by molar-refractivity contribution is 0.442. The van der Waals surface area contributed by atoms with Crippen LogP contribution in [0.2, 0.25) is 0 Å². The molecule has 0 amide bonds. The minimum Gasteiger partial charge on any atom is -0.249 e. The smallest absolute Gasteiger partial charge is 0.249 e. The van der Waals surface area contributed by atoms with Gasteiger partial charge in [0.25, 0.3) is 0 Å². The van der Waals surface area contributed by atoms with Crippen LogP contribution in [-0.2, 0) is 4.57 Å². The zero-order valence-corrected chi connectivity index (χ0v) is 16.8. The van der Waals surface area contributed by atoms with Gasteiger partial charge in [0.15, 0.2) is 5.58 Å². The topological polar surface area (TPSA) is 30.2 Å². The molecule has 0 bridgehead atoms. The summed E-state index contributed by atoms with van der Waals surface area (Å²) in [5.41, 5.74) is 3.52. The van der Waals surface area contributed by atoms with E-state index in [9.17, 15) is 4.57 Å². The summed E-state index contributed by atoms with van der Waals surface area (Å²) in [5, 5.41) is 3.16. The minimum atomic E-state index is -1.82. The van der Waals surface area contributed by atoms with Crippen molar-refractivity contribution in [1.29, 1.82) is 0 Å². The standard InChI is InChI=1S/C24H28O2P/c25-27-23-16-19(17-8-3-1-4-9-17)14-15-21(23)22-13-7-12-20(24(22)26-27)18-10-5-2-6-11-18/h7,12-18H,1-6,8-11H2/q+1. The molecule has 3 aromatic rings. The largest absolute Gasteiger partial charge is 0.597 e. The van der Waals surface area contributed by atoms with Gasteiger partial charge in [-0.15, -0.1) is 0 Å². The molecule has 2 aliphatic carbocycles. The summed E-state index contributed by atoms with van der Waals surface area (Å²) in [6.45, 7) is 0. The summed E-state index contributed by atoms with van der Waals surface area (Å²) in [5.74, 6) is 1.18. The van der Waals surface area contributed by atoms with Crippen LogP contribution in [-0.4, -0.2) is 0 Å². The van der Waals surface area contributed by atoms with Gasteiger partial charge >= 0.3 is 7.65 Å². The third-order valence-corrected chi connectivity index (χ3v) is 7.96. The fourth-order valence-corrected chi connectivity index (χ4v) is 6.47. The number of benzene rings is 2. The Balaban J connectivity index is 1.65. The van der Waals surface area contributed by atoms with E-state index in [1.807, 2.05) is 0 Å². The van der Waals surface area contributed by atoms with E-state index in [1.54, 1.807) is 0 Å². The van der Waals surface area contributed by atoms with Crippen molar-refractivity contribution in [2.45, 2.75) is 76.0 Å². The van der Waals surface area contributed by atoms with Crippen molar-refractivity contribution < 1.29 is 8.76 Å². The van der Waals surface area contributed by atoms with Crippen LogP contribution in [0.1, 0.15) is 87.2 Å². The van der Waals surface area contributed by atoms with Crippen molar-refractivity contribution in [3.05, 3.63) is 47.5 Å². The van der Waals surface area contributed by atoms with Gasteiger partial charge in [-0.25, -0.2) is 4.20 Å². The summed E-state index contributed by atoms with van der Waals surface area (Å²) in [6, 6.07) is 13.2. The van der Waals surface area contributed by atoms with Crippen molar-refractivity contribution in [1.82, 2.24) is 0 Å². The molecular formula is C24H28O2P+. The molecule has 2 aromatic carbocycles. The fraction of sp³-hybridized carbons (Fsp3) is 0.500. The molecule has 140 valence electrons. The van der Waals surface area contributed by atoms with E-state index in [0.29, 0.717) is 11.8 Å². The number of hydrogen-bond donors (Lipinski definition) is 0. The van der Waals surface area contributed by atoms with Crippen LogP contribution in [0, 0.1) is 0 Å². The molecule has 0 radical (unpaired) electrons. The predicted octanol–water partition coefficient (Wildman–Crippen LogP) is 8.42. The highest BCUT2D eigenvalue weighted by molar-refractivity contribution is 7.37. The molecule has 5 rings (SSSR count). The molecule has 2 saturated carbocycles. The van der Waals surface area contributed by atoms with E-state index in [1.165, 1.54) is 75.3 Å². The van der Waals surface area contributed by atoms with Crippen molar-refractivity contribution in [3.63, 3.8) is 0 Å². The van der Waals surface area contributed by atoms with E-state index in [-0.39, 0.29) is 0 Å². The highest BCUT2D eigenvalue weighted by atomic mass is 31.1. The van der Waals surface area contributed by atoms with Gasteiger partial charge < -0.3 is 0 Å². The molecule has 1 heterocycles. The highest BCUT2D eigenvalue weighted by Gasteiger charge is 2.25. The maximum Gasteiger partial charge on any atom is 0.597 e. The van der Waals surface area contributed by atoms with Gasteiger partial charge in [0.05, 0.1) is 0 Å². The first-order valence-electron chi connectivity index (χ1n) is 10.7. The van der Waals surface area contributed by atoms with Crippen LogP contribution in [0.4, 0.5) is 0 Å². The van der Waals surface area contributed by atoms with Crippen molar-refractivity contribution in [2.75, 3.05) is 0 Å². The third-order valence-electron chi connectivity index (χ3n) is 6.85. The molecule has 3 heteroatoms. The van der Waals surface area contributed by atoms with E-state index < -0.39 is 7.65 Å². The second kappa shape index (κ2) is 7.40. The summed E-state index contributed by atoms with van der Waals surface area (Å²) in [6.07, 6.45) is 12.9. The quantitative estimate of drug-likeness (QED) is 0.418. The molecule has 27 heavy (non-hydrogen) atoms. The second-order valence-corrected chi connectivity index (χ2v) is 9.70. The first-order valence-corrected chi connectivity index (χ1v) is 11.9. The summed E-state index contributed by atoms with van der Waals surface area (Å²) in [4.78, 5) is 0. The van der Waals surface area contributed by atoms with Crippen molar-refractivity contribution in [2.24, 2.45) is 0 Å². The monoisotopic (exact) mass is 379 g/mol. The van der Waals surface area contributed by atoms with Gasteiger partial charge in [0, 0.05) is 16.3 Å². The fourth-order valence-electron chi connectivity index (χ4n) is 5.35. The van der Waals surface area contributed by atoms with Crippen LogP contribution in [0.5, 0.6) is 0 Å². The molecule has 2 fully saturated rings. The summed E-state index contributed by atoms with van der Waals surface area (Å²) in [7, 11) is -1.82. The van der Waals surface area contributed by atoms with Crippen molar-refractivity contribution >= 4 is 29.1 Å². The van der Waals surface area contributed by atoms with Crippen LogP contribution in [0.15, 0.2) is 40.6 Å². The Morgan fingerprint density at radius 1 is 0.778 bits per heavy atom. The van der Waals surface area contributed by atoms with Crippen molar-refractivity contribution in [3.8, 4) is 0 Å². The minimum absolute atomic E-state index is 0.556. The lowest BCUT2D eigenvalue weighted by Gasteiger charge is -2.22. The van der Waals surface area contributed by atoms with Gasteiger partial charge in [-0.3, -0.25) is 0 Å². The molecule has 0 aliphatic heterocycles. The highest BCUT2D eigenvalue weighted by Crippen LogP contribution is 2.43. The molecule has 0 saturated heterocycles. The molecular weight excluding hydrogens is 351 g/mol. The third kappa shape index (κ3) is 3.23. The lowest BCUT2D eigenvalue weighted by atomic mass is 9.83. The van der Waals surface area contributed by atoms with Gasteiger partial charge in [0.1, 0.15) is 0 Å². The Bertz CT molecular complexity index is 1020. The SMILES string of the molecule is O=[p+]1oc2c(C3CCCCC3)cccc2c2ccc(C3CCCCC3)cc21. The number of hydrogen-bond acceptors (Lipinski definition) is 2. The average Bonchev–Trinajstić information content (AvgIpc) is 2.74. The molecule has 0 N–H and O–H groups in total. The van der Waals surface area contributed by atoms with Gasteiger partial charge in [0.2, 0.25) is 5.12 Å². The normalized spacial score (nSPS) is 20.4. The maximum atomic E-state index is 13.0. The number of rotatable bonds is 2. The molecule has 1 atom stereocenters. The predicted molar refractivity (Wildman–Crippen MR) is 113 cm³/mol. The Morgan fingerprint density at radius 3 is 2.22 bits per heavy atom. The first-order chi connectivity index (χ1) is 13.3. The van der Waals surface area contributed by atoms with Crippen LogP contribution >= 0.6 is 7.65 Å². The maximum absolute atomic E-state index is 13.0. The van der Waals surface area contributed by atoms with Gasteiger partial charge in [-0.1, -0.05) is 62.8 Å². The molecule has 1 unspecified atom stereocenters. The van der Waals surface area contributed by atoms with E-state index in [4.69, 9.17) is 4.20 Å². The number of para-hydroxylation sites is 1. The Kier molecular flexibility index (Phi) is 4.78. The molecule has 2 aliphatic rings. The van der Waals surface area contributed by atoms with E-state index in [2.05, 4.69) is 36.4 Å². The Morgan fingerprint density at radius 2 is 1.48 bits per heavy atom. The van der Waals surface area contributed by atoms with Gasteiger partial charge in [-0.05, 0) is 59.8 Å². The second-order valence-electron chi connectivity index (χ2n) is 8.52. The average molecular weight is 379 g/mol. The van der Waals surface area contributed by atoms with Crippen LogP contribution in [0.25, 0.3) is 21.5 Å². The number of fused-ring (bicyclic) bond motifs is 3. The van der Waals surface area contributed by atoms with Crippen LogP contribution in [0.3, 0.4) is 0 Å². The summed E-state index contributed by atoms with van der Waals surface area (Å²) < 4.78 is 19.1.